The highest BCUT2D eigenvalue weighted by Crippen LogP contribution is 2.40. The Morgan fingerprint density at radius 3 is 2.63 bits per heavy atom. The van der Waals surface area contributed by atoms with E-state index in [9.17, 15) is 9.59 Å². The van der Waals surface area contributed by atoms with Crippen LogP contribution in [0.4, 0.5) is 10.5 Å². The molecule has 1 fully saturated rings. The van der Waals surface area contributed by atoms with E-state index in [-0.39, 0.29) is 23.9 Å². The molecule has 0 saturated carbocycles. The number of thioether (sulfide) groups is 1. The van der Waals surface area contributed by atoms with Crippen LogP contribution in [0, 0.1) is 0 Å². The summed E-state index contributed by atoms with van der Waals surface area (Å²) >= 11 is 7.55. The lowest BCUT2D eigenvalue weighted by Crippen LogP contribution is -2.41. The van der Waals surface area contributed by atoms with Crippen molar-refractivity contribution in [3.63, 3.8) is 0 Å². The van der Waals surface area contributed by atoms with E-state index in [1.807, 2.05) is 54.3 Å². The molecule has 0 spiro atoms. The van der Waals surface area contributed by atoms with Gasteiger partial charge in [-0.3, -0.25) is 10.1 Å². The summed E-state index contributed by atoms with van der Waals surface area (Å²) in [5.41, 5.74) is 1.69. The van der Waals surface area contributed by atoms with Crippen LogP contribution in [-0.4, -0.2) is 35.3 Å². The smallest absolute Gasteiger partial charge is 0.411 e. The normalized spacial score (nSPS) is 17.6. The topological polar surface area (TPSA) is 58.6 Å². The van der Waals surface area contributed by atoms with Gasteiger partial charge < -0.3 is 9.64 Å². The quantitative estimate of drug-likeness (QED) is 0.740. The number of benzene rings is 2. The summed E-state index contributed by atoms with van der Waals surface area (Å²) in [6, 6.07) is 16.4. The molecule has 2 aromatic carbocycles. The van der Waals surface area contributed by atoms with Crippen molar-refractivity contribution in [2.45, 2.75) is 24.8 Å². The minimum Gasteiger partial charge on any atom is -0.447 e. The first-order valence-electron chi connectivity index (χ1n) is 8.75. The van der Waals surface area contributed by atoms with E-state index in [1.165, 1.54) is 0 Å². The Balaban J connectivity index is 1.64. The van der Waals surface area contributed by atoms with Gasteiger partial charge in [0.2, 0.25) is 5.91 Å². The molecule has 0 unspecified atom stereocenters. The number of amides is 2. The van der Waals surface area contributed by atoms with Gasteiger partial charge in [-0.15, -0.1) is 11.8 Å². The predicted octanol–water partition coefficient (Wildman–Crippen LogP) is 4.94. The number of hydrogen-bond acceptors (Lipinski definition) is 4. The van der Waals surface area contributed by atoms with Gasteiger partial charge in [0.15, 0.2) is 0 Å². The fraction of sp³-hybridized carbons (Fsp3) is 0.300. The monoisotopic (exact) mass is 404 g/mol. The minimum atomic E-state index is -0.526. The number of nitrogens with zero attached hydrogens (tertiary/aromatic N) is 1. The van der Waals surface area contributed by atoms with Crippen molar-refractivity contribution < 1.29 is 14.3 Å². The van der Waals surface area contributed by atoms with E-state index in [4.69, 9.17) is 16.3 Å². The van der Waals surface area contributed by atoms with E-state index >= 15 is 0 Å². The maximum atomic E-state index is 12.5. The molecule has 2 atom stereocenters. The van der Waals surface area contributed by atoms with Crippen LogP contribution in [0.3, 0.4) is 0 Å². The van der Waals surface area contributed by atoms with Crippen molar-refractivity contribution in [2.24, 2.45) is 0 Å². The standard InChI is InChI=1S/C20H21ClN2O3S/c1-2-17(12-26-20(25)22-16-6-4-3-5-7-16)23-18(24)13-27-19(23)14-8-10-15(21)11-9-14/h3-11,17,19H,2,12-13H2,1H3,(H,22,25)/t17-,19-/m1/s1. The number of halogens is 1. The van der Waals surface area contributed by atoms with Gasteiger partial charge in [-0.25, -0.2) is 4.79 Å². The highest BCUT2D eigenvalue weighted by molar-refractivity contribution is 8.00. The summed E-state index contributed by atoms with van der Waals surface area (Å²) in [7, 11) is 0. The number of ether oxygens (including phenoxy) is 1. The van der Waals surface area contributed by atoms with Crippen LogP contribution in [0.1, 0.15) is 24.3 Å². The average Bonchev–Trinajstić information content (AvgIpc) is 3.05. The van der Waals surface area contributed by atoms with Gasteiger partial charge in [0.1, 0.15) is 12.0 Å². The van der Waals surface area contributed by atoms with Crippen LogP contribution in [-0.2, 0) is 9.53 Å². The Hall–Kier alpha value is -2.18. The first-order chi connectivity index (χ1) is 13.1. The Morgan fingerprint density at radius 2 is 1.96 bits per heavy atom. The minimum absolute atomic E-state index is 0.0545. The molecule has 27 heavy (non-hydrogen) atoms. The molecule has 5 nitrogen and oxygen atoms in total. The summed E-state index contributed by atoms with van der Waals surface area (Å²) in [4.78, 5) is 26.4. The number of nitrogens with one attached hydrogen (secondary N) is 1. The summed E-state index contributed by atoms with van der Waals surface area (Å²) in [6.07, 6.45) is 0.164. The van der Waals surface area contributed by atoms with Gasteiger partial charge >= 0.3 is 6.09 Å². The lowest BCUT2D eigenvalue weighted by Gasteiger charge is -2.32. The number of hydrogen-bond donors (Lipinski definition) is 1. The first-order valence-corrected chi connectivity index (χ1v) is 10.2. The van der Waals surface area contributed by atoms with Crippen LogP contribution in [0.5, 0.6) is 0 Å². The van der Waals surface area contributed by atoms with Crippen LogP contribution < -0.4 is 5.32 Å². The lowest BCUT2D eigenvalue weighted by molar-refractivity contribution is -0.131. The zero-order chi connectivity index (χ0) is 19.2. The molecular weight excluding hydrogens is 384 g/mol. The molecule has 7 heteroatoms. The highest BCUT2D eigenvalue weighted by Gasteiger charge is 2.37. The molecule has 1 aliphatic heterocycles. The largest absolute Gasteiger partial charge is 0.447 e. The number of rotatable bonds is 6. The lowest BCUT2D eigenvalue weighted by atomic mass is 10.1. The van der Waals surface area contributed by atoms with Gasteiger partial charge in [0.25, 0.3) is 0 Å². The van der Waals surface area contributed by atoms with Crippen LogP contribution in [0.15, 0.2) is 54.6 Å². The molecule has 1 aliphatic rings. The number of carbonyl (C=O) groups excluding carboxylic acids is 2. The van der Waals surface area contributed by atoms with Crippen LogP contribution in [0.2, 0.25) is 5.02 Å². The van der Waals surface area contributed by atoms with Crippen molar-refractivity contribution in [1.29, 1.82) is 0 Å². The Morgan fingerprint density at radius 1 is 1.26 bits per heavy atom. The molecule has 1 N–H and O–H groups in total. The maximum absolute atomic E-state index is 12.5. The molecular formula is C20H21ClN2O3S. The number of para-hydroxylation sites is 1. The van der Waals surface area contributed by atoms with Gasteiger partial charge in [0, 0.05) is 10.7 Å². The average molecular weight is 405 g/mol. The number of anilines is 1. The Labute approximate surface area is 168 Å². The zero-order valence-corrected chi connectivity index (χ0v) is 16.5. The van der Waals surface area contributed by atoms with Crippen molar-refractivity contribution in [2.75, 3.05) is 17.7 Å². The van der Waals surface area contributed by atoms with Crippen molar-refractivity contribution in [3.05, 3.63) is 65.2 Å². The van der Waals surface area contributed by atoms with Gasteiger partial charge in [-0.1, -0.05) is 48.9 Å². The second-order valence-electron chi connectivity index (χ2n) is 6.17. The summed E-state index contributed by atoms with van der Waals surface area (Å²) in [5, 5.41) is 3.25. The van der Waals surface area contributed by atoms with Crippen molar-refractivity contribution in [1.82, 2.24) is 4.90 Å². The molecule has 1 saturated heterocycles. The molecule has 0 aromatic heterocycles. The SMILES string of the molecule is CC[C@H](COC(=O)Nc1ccccc1)N1C(=O)CS[C@@H]1c1ccc(Cl)cc1. The summed E-state index contributed by atoms with van der Waals surface area (Å²) < 4.78 is 5.39. The van der Waals surface area contributed by atoms with Crippen molar-refractivity contribution >= 4 is 41.1 Å². The maximum Gasteiger partial charge on any atom is 0.411 e. The highest BCUT2D eigenvalue weighted by atomic mass is 35.5. The van der Waals surface area contributed by atoms with Crippen molar-refractivity contribution in [3.8, 4) is 0 Å². The second kappa shape index (κ2) is 9.15. The molecule has 0 radical (unpaired) electrons. The molecule has 2 aromatic rings. The fourth-order valence-corrected chi connectivity index (χ4v) is 4.33. The Bertz CT molecular complexity index is 786. The van der Waals surface area contributed by atoms with E-state index < -0.39 is 6.09 Å². The van der Waals surface area contributed by atoms with E-state index in [2.05, 4.69) is 5.32 Å². The molecule has 142 valence electrons. The summed E-state index contributed by atoms with van der Waals surface area (Å²) in [6.45, 7) is 2.13. The third kappa shape index (κ3) is 4.96. The molecule has 1 heterocycles. The first kappa shape index (κ1) is 19.6. The van der Waals surface area contributed by atoms with Crippen LogP contribution in [0.25, 0.3) is 0 Å². The number of carbonyl (C=O) groups is 2. The molecule has 0 aliphatic carbocycles. The molecule has 0 bridgehead atoms. The van der Waals surface area contributed by atoms with Gasteiger partial charge in [0.05, 0.1) is 11.8 Å². The van der Waals surface area contributed by atoms with Gasteiger partial charge in [-0.05, 0) is 36.2 Å². The third-order valence-corrected chi connectivity index (χ3v) is 5.83. The summed E-state index contributed by atoms with van der Waals surface area (Å²) in [5.74, 6) is 0.471. The van der Waals surface area contributed by atoms with Gasteiger partial charge in [-0.2, -0.15) is 0 Å². The predicted molar refractivity (Wildman–Crippen MR) is 109 cm³/mol. The molecule has 2 amide bonds. The van der Waals surface area contributed by atoms with Crippen LogP contribution >= 0.6 is 23.4 Å². The van der Waals surface area contributed by atoms with E-state index in [0.717, 1.165) is 5.56 Å². The molecule has 3 rings (SSSR count). The fourth-order valence-electron chi connectivity index (χ4n) is 2.96. The van der Waals surface area contributed by atoms with E-state index in [0.29, 0.717) is 22.9 Å². The Kier molecular flexibility index (Phi) is 6.63. The van der Waals surface area contributed by atoms with E-state index in [1.54, 1.807) is 23.9 Å². The second-order valence-corrected chi connectivity index (χ2v) is 7.67. The third-order valence-electron chi connectivity index (χ3n) is 4.35. The zero-order valence-electron chi connectivity index (χ0n) is 14.9.